The Balaban J connectivity index is 2.57. The van der Waals surface area contributed by atoms with Crippen LogP contribution in [0.3, 0.4) is 0 Å². The van der Waals surface area contributed by atoms with E-state index in [-0.39, 0.29) is 5.82 Å². The molecule has 0 radical (unpaired) electrons. The summed E-state index contributed by atoms with van der Waals surface area (Å²) in [6, 6.07) is 2.10. The lowest BCUT2D eigenvalue weighted by molar-refractivity contribution is 0.795. The summed E-state index contributed by atoms with van der Waals surface area (Å²) < 4.78 is 1.44. The van der Waals surface area contributed by atoms with E-state index in [2.05, 4.69) is 21.1 Å². The van der Waals surface area contributed by atoms with Gasteiger partial charge in [0.25, 0.3) is 0 Å². The average Bonchev–Trinajstić information content (AvgIpc) is 2.78. The number of rotatable bonds is 4. The summed E-state index contributed by atoms with van der Waals surface area (Å²) in [4.78, 5) is 10.1. The predicted octanol–water partition coefficient (Wildman–Crippen LogP) is 0.962. The predicted molar refractivity (Wildman–Crippen MR) is 71.8 cm³/mol. The normalized spacial score (nSPS) is 10.2. The molecule has 2 N–H and O–H groups in total. The van der Waals surface area contributed by atoms with Gasteiger partial charge in [-0.05, 0) is 13.8 Å². The Morgan fingerprint density at radius 3 is 2.63 bits per heavy atom. The van der Waals surface area contributed by atoms with Crippen molar-refractivity contribution in [1.29, 1.82) is 5.26 Å². The molecule has 0 fully saturated rings. The first kappa shape index (κ1) is 12.8. The molecule has 0 aliphatic rings. The van der Waals surface area contributed by atoms with Crippen molar-refractivity contribution in [2.24, 2.45) is 0 Å². The summed E-state index contributed by atoms with van der Waals surface area (Å²) in [7, 11) is 0. The molecule has 0 saturated heterocycles. The van der Waals surface area contributed by atoms with Gasteiger partial charge in [0, 0.05) is 25.5 Å². The average molecular weight is 257 g/mol. The van der Waals surface area contributed by atoms with Crippen molar-refractivity contribution in [2.45, 2.75) is 13.8 Å². The van der Waals surface area contributed by atoms with Gasteiger partial charge in [0.15, 0.2) is 11.6 Å². The maximum atomic E-state index is 9.25. The van der Waals surface area contributed by atoms with E-state index in [4.69, 9.17) is 5.73 Å². The van der Waals surface area contributed by atoms with Crippen molar-refractivity contribution in [3.8, 4) is 11.9 Å². The maximum Gasteiger partial charge on any atom is 0.174 e. The Morgan fingerprint density at radius 1 is 1.37 bits per heavy atom. The summed E-state index contributed by atoms with van der Waals surface area (Å²) in [5.41, 5.74) is 6.35. The van der Waals surface area contributed by atoms with Crippen molar-refractivity contribution in [3.63, 3.8) is 0 Å². The second-order valence-electron chi connectivity index (χ2n) is 3.84. The molecule has 2 aromatic rings. The van der Waals surface area contributed by atoms with Crippen LogP contribution < -0.4 is 10.6 Å². The van der Waals surface area contributed by atoms with Crippen molar-refractivity contribution in [3.05, 3.63) is 24.2 Å². The highest BCUT2D eigenvalue weighted by Gasteiger charge is 2.20. The molecule has 0 bridgehead atoms. The molecule has 7 nitrogen and oxygen atoms in total. The van der Waals surface area contributed by atoms with Crippen LogP contribution in [-0.2, 0) is 0 Å². The number of nitrogens with two attached hydrogens (primary N) is 1. The molecule has 7 heteroatoms. The number of nitrogen functional groups attached to an aromatic ring is 1. The van der Waals surface area contributed by atoms with Gasteiger partial charge in [-0.15, -0.1) is 5.10 Å². The van der Waals surface area contributed by atoms with Crippen molar-refractivity contribution < 1.29 is 0 Å². The van der Waals surface area contributed by atoms with Gasteiger partial charge >= 0.3 is 0 Å². The molecule has 2 aromatic heterocycles. The van der Waals surface area contributed by atoms with E-state index in [1.807, 2.05) is 18.7 Å². The van der Waals surface area contributed by atoms with E-state index < -0.39 is 0 Å². The van der Waals surface area contributed by atoms with Crippen LogP contribution in [0.25, 0.3) is 5.82 Å². The molecule has 0 unspecified atom stereocenters. The van der Waals surface area contributed by atoms with Gasteiger partial charge in [-0.25, -0.2) is 4.98 Å². The molecular weight excluding hydrogens is 242 g/mol. The number of nitriles is 1. The molecule has 0 saturated carbocycles. The van der Waals surface area contributed by atoms with Crippen LogP contribution in [0.4, 0.5) is 11.6 Å². The third-order valence-corrected chi connectivity index (χ3v) is 2.84. The highest BCUT2D eigenvalue weighted by Crippen LogP contribution is 2.25. The van der Waals surface area contributed by atoms with Gasteiger partial charge in [0.05, 0.1) is 6.20 Å². The molecule has 0 aliphatic carbocycles. The molecule has 19 heavy (non-hydrogen) atoms. The Kier molecular flexibility index (Phi) is 3.61. The van der Waals surface area contributed by atoms with Crippen LogP contribution >= 0.6 is 0 Å². The number of hydrogen-bond acceptors (Lipinski definition) is 6. The van der Waals surface area contributed by atoms with Gasteiger partial charge < -0.3 is 10.6 Å². The second kappa shape index (κ2) is 5.35. The first-order valence-corrected chi connectivity index (χ1v) is 6.02. The van der Waals surface area contributed by atoms with Gasteiger partial charge in [0.1, 0.15) is 17.5 Å². The Labute approximate surface area is 111 Å². The van der Waals surface area contributed by atoms with E-state index >= 15 is 0 Å². The summed E-state index contributed by atoms with van der Waals surface area (Å²) in [5, 5.41) is 13.6. The SMILES string of the molecule is CCN(CC)c1nn(-c2cnccn2)c(N)c1C#N. The van der Waals surface area contributed by atoms with Crippen LogP contribution in [-0.4, -0.2) is 32.8 Å². The molecule has 98 valence electrons. The monoisotopic (exact) mass is 257 g/mol. The zero-order valence-corrected chi connectivity index (χ0v) is 10.9. The molecule has 2 rings (SSSR count). The molecule has 0 spiro atoms. The van der Waals surface area contributed by atoms with Gasteiger partial charge in [0.2, 0.25) is 0 Å². The Bertz CT molecular complexity index is 593. The van der Waals surface area contributed by atoms with Gasteiger partial charge in [-0.3, -0.25) is 4.98 Å². The minimum atomic E-state index is 0.282. The van der Waals surface area contributed by atoms with E-state index in [1.165, 1.54) is 4.68 Å². The number of anilines is 2. The summed E-state index contributed by atoms with van der Waals surface area (Å²) in [6.45, 7) is 5.51. The fourth-order valence-corrected chi connectivity index (χ4v) is 1.85. The molecule has 0 amide bonds. The van der Waals surface area contributed by atoms with Crippen LogP contribution in [0.5, 0.6) is 0 Å². The molecule has 2 heterocycles. The van der Waals surface area contributed by atoms with Crippen molar-refractivity contribution in [2.75, 3.05) is 23.7 Å². The number of hydrogen-bond donors (Lipinski definition) is 1. The largest absolute Gasteiger partial charge is 0.382 e. The lowest BCUT2D eigenvalue weighted by Gasteiger charge is -2.17. The highest BCUT2D eigenvalue weighted by molar-refractivity contribution is 5.66. The van der Waals surface area contributed by atoms with Crippen LogP contribution in [0.1, 0.15) is 19.4 Å². The van der Waals surface area contributed by atoms with E-state index in [9.17, 15) is 5.26 Å². The minimum Gasteiger partial charge on any atom is -0.382 e. The fourth-order valence-electron chi connectivity index (χ4n) is 1.85. The van der Waals surface area contributed by atoms with Gasteiger partial charge in [-0.1, -0.05) is 0 Å². The molecule has 0 aromatic carbocycles. The van der Waals surface area contributed by atoms with Gasteiger partial charge in [-0.2, -0.15) is 9.94 Å². The zero-order chi connectivity index (χ0) is 13.8. The van der Waals surface area contributed by atoms with E-state index in [1.54, 1.807) is 18.6 Å². The summed E-state index contributed by atoms with van der Waals surface area (Å²) >= 11 is 0. The lowest BCUT2D eigenvalue weighted by atomic mass is 10.3. The summed E-state index contributed by atoms with van der Waals surface area (Å²) in [6.07, 6.45) is 4.68. The third kappa shape index (κ3) is 2.20. The standard InChI is InChI=1S/C12H15N7/c1-3-18(4-2)12-9(7-13)11(14)19(17-12)10-8-15-5-6-16-10/h5-6,8H,3-4,14H2,1-2H3. The van der Waals surface area contributed by atoms with Crippen LogP contribution in [0.2, 0.25) is 0 Å². The number of aromatic nitrogens is 4. The smallest absolute Gasteiger partial charge is 0.174 e. The topological polar surface area (TPSA) is 96.7 Å². The third-order valence-electron chi connectivity index (χ3n) is 2.84. The minimum absolute atomic E-state index is 0.282. The highest BCUT2D eigenvalue weighted by atomic mass is 15.4. The molecule has 0 atom stereocenters. The van der Waals surface area contributed by atoms with Crippen LogP contribution in [0.15, 0.2) is 18.6 Å². The van der Waals surface area contributed by atoms with Crippen molar-refractivity contribution in [1.82, 2.24) is 19.7 Å². The molecular formula is C12H15N7. The lowest BCUT2D eigenvalue weighted by Crippen LogP contribution is -2.23. The van der Waals surface area contributed by atoms with Crippen LogP contribution in [0, 0.1) is 11.3 Å². The maximum absolute atomic E-state index is 9.25. The fraction of sp³-hybridized carbons (Fsp3) is 0.333. The van der Waals surface area contributed by atoms with Crippen molar-refractivity contribution >= 4 is 11.6 Å². The second-order valence-corrected chi connectivity index (χ2v) is 3.84. The first-order chi connectivity index (χ1) is 9.22. The summed E-state index contributed by atoms with van der Waals surface area (Å²) in [5.74, 6) is 1.36. The zero-order valence-electron chi connectivity index (χ0n) is 10.9. The first-order valence-electron chi connectivity index (χ1n) is 6.02. The molecule has 0 aliphatic heterocycles. The Hall–Kier alpha value is -2.62. The van der Waals surface area contributed by atoms with E-state index in [0.717, 1.165) is 13.1 Å². The quantitative estimate of drug-likeness (QED) is 0.876. The Morgan fingerprint density at radius 2 is 2.11 bits per heavy atom. The number of nitrogens with zero attached hydrogens (tertiary/aromatic N) is 6. The van der Waals surface area contributed by atoms with E-state index in [0.29, 0.717) is 17.2 Å².